The Morgan fingerprint density at radius 3 is 2.58 bits per heavy atom. The van der Waals surface area contributed by atoms with Crippen molar-refractivity contribution in [3.8, 4) is 0 Å². The molecule has 19 heavy (non-hydrogen) atoms. The molecule has 102 valence electrons. The zero-order valence-corrected chi connectivity index (χ0v) is 12.5. The third-order valence-corrected chi connectivity index (χ3v) is 3.35. The van der Waals surface area contributed by atoms with Crippen molar-refractivity contribution in [2.24, 2.45) is 5.73 Å². The van der Waals surface area contributed by atoms with Crippen molar-refractivity contribution in [3.63, 3.8) is 0 Å². The number of halogens is 2. The molecule has 0 fully saturated rings. The minimum Gasteiger partial charge on any atom is -0.339 e. The van der Waals surface area contributed by atoms with E-state index in [0.29, 0.717) is 21.8 Å². The predicted octanol–water partition coefficient (Wildman–Crippen LogP) is 3.32. The third-order valence-electron chi connectivity index (χ3n) is 2.66. The molecule has 0 amide bonds. The average Bonchev–Trinajstić information content (AvgIpc) is 2.76. The van der Waals surface area contributed by atoms with Gasteiger partial charge in [0, 0.05) is 9.89 Å². The van der Waals surface area contributed by atoms with Crippen LogP contribution < -0.4 is 5.73 Å². The highest BCUT2D eigenvalue weighted by Gasteiger charge is 2.25. The van der Waals surface area contributed by atoms with E-state index in [4.69, 9.17) is 10.3 Å². The fourth-order valence-corrected chi connectivity index (χ4v) is 2.16. The number of rotatable bonds is 2. The third kappa shape index (κ3) is 3.01. The van der Waals surface area contributed by atoms with Gasteiger partial charge in [-0.3, -0.25) is 0 Å². The summed E-state index contributed by atoms with van der Waals surface area (Å²) < 4.78 is 18.8. The summed E-state index contributed by atoms with van der Waals surface area (Å²) in [4.78, 5) is 4.30. The molecular weight excluding hydrogens is 313 g/mol. The smallest absolute Gasteiger partial charge is 0.232 e. The molecule has 4 nitrogen and oxygen atoms in total. The van der Waals surface area contributed by atoms with Crippen LogP contribution in [0.1, 0.15) is 44.1 Å². The molecule has 0 aliphatic carbocycles. The number of nitrogens with zero attached hydrogens (tertiary/aromatic N) is 2. The van der Waals surface area contributed by atoms with E-state index in [1.807, 2.05) is 20.8 Å². The average molecular weight is 328 g/mol. The van der Waals surface area contributed by atoms with Crippen molar-refractivity contribution in [1.82, 2.24) is 10.1 Å². The standard InChI is InChI=1S/C13H15BrFN3O/c1-13(2,3)12-17-11(18-19-12)10(16)8-5-4-7(15)6-9(8)14/h4-6,10H,16H2,1-3H3. The van der Waals surface area contributed by atoms with E-state index in [1.165, 1.54) is 12.1 Å². The van der Waals surface area contributed by atoms with Crippen molar-refractivity contribution in [1.29, 1.82) is 0 Å². The quantitative estimate of drug-likeness (QED) is 0.918. The second kappa shape index (κ2) is 5.02. The second-order valence-electron chi connectivity index (χ2n) is 5.35. The summed E-state index contributed by atoms with van der Waals surface area (Å²) in [6.07, 6.45) is 0. The molecule has 0 radical (unpaired) electrons. The first-order valence-electron chi connectivity index (χ1n) is 5.83. The molecular formula is C13H15BrFN3O. The van der Waals surface area contributed by atoms with E-state index >= 15 is 0 Å². The zero-order chi connectivity index (χ0) is 14.2. The Hall–Kier alpha value is -1.27. The first-order chi connectivity index (χ1) is 8.79. The van der Waals surface area contributed by atoms with Crippen molar-refractivity contribution in [2.45, 2.75) is 32.2 Å². The van der Waals surface area contributed by atoms with E-state index < -0.39 is 6.04 Å². The van der Waals surface area contributed by atoms with Crippen LogP contribution in [0.4, 0.5) is 4.39 Å². The Morgan fingerprint density at radius 2 is 2.05 bits per heavy atom. The van der Waals surface area contributed by atoms with Crippen LogP contribution >= 0.6 is 15.9 Å². The highest BCUT2D eigenvalue weighted by atomic mass is 79.9. The number of hydrogen-bond donors (Lipinski definition) is 1. The van der Waals surface area contributed by atoms with Gasteiger partial charge in [0.1, 0.15) is 5.82 Å². The number of nitrogens with two attached hydrogens (primary N) is 1. The molecule has 0 aliphatic rings. The molecule has 6 heteroatoms. The van der Waals surface area contributed by atoms with Crippen molar-refractivity contribution in [3.05, 3.63) is 45.8 Å². The lowest BCUT2D eigenvalue weighted by atomic mass is 9.97. The van der Waals surface area contributed by atoms with Gasteiger partial charge in [-0.05, 0) is 17.7 Å². The van der Waals surface area contributed by atoms with Crippen LogP contribution in [0.25, 0.3) is 0 Å². The molecule has 1 heterocycles. The normalized spacial score (nSPS) is 13.6. The highest BCUT2D eigenvalue weighted by molar-refractivity contribution is 9.10. The van der Waals surface area contributed by atoms with Gasteiger partial charge in [0.2, 0.25) is 5.89 Å². The number of aromatic nitrogens is 2. The zero-order valence-electron chi connectivity index (χ0n) is 10.9. The van der Waals surface area contributed by atoms with Gasteiger partial charge in [-0.25, -0.2) is 4.39 Å². The molecule has 2 aromatic rings. The summed E-state index contributed by atoms with van der Waals surface area (Å²) in [5, 5.41) is 3.90. The second-order valence-corrected chi connectivity index (χ2v) is 6.21. The topological polar surface area (TPSA) is 64.9 Å². The molecule has 0 spiro atoms. The first kappa shape index (κ1) is 14.1. The van der Waals surface area contributed by atoms with E-state index in [9.17, 15) is 4.39 Å². The summed E-state index contributed by atoms with van der Waals surface area (Å²) in [5.41, 5.74) is 6.57. The molecule has 2 N–H and O–H groups in total. The lowest BCUT2D eigenvalue weighted by Crippen LogP contribution is -2.16. The molecule has 2 rings (SSSR count). The molecule has 0 saturated heterocycles. The minimum atomic E-state index is -0.560. The van der Waals surface area contributed by atoms with E-state index in [-0.39, 0.29) is 11.2 Å². The van der Waals surface area contributed by atoms with Crippen LogP contribution in [0.3, 0.4) is 0 Å². The Balaban J connectivity index is 2.34. The minimum absolute atomic E-state index is 0.231. The molecule has 1 aromatic carbocycles. The lowest BCUT2D eigenvalue weighted by molar-refractivity contribution is 0.317. The molecule has 1 unspecified atom stereocenters. The molecule has 1 atom stereocenters. The Kier molecular flexibility index (Phi) is 3.73. The highest BCUT2D eigenvalue weighted by Crippen LogP contribution is 2.28. The molecule has 0 saturated carbocycles. The predicted molar refractivity (Wildman–Crippen MR) is 73.1 cm³/mol. The van der Waals surface area contributed by atoms with E-state index in [2.05, 4.69) is 26.1 Å². The monoisotopic (exact) mass is 327 g/mol. The van der Waals surface area contributed by atoms with Gasteiger partial charge in [-0.1, -0.05) is 47.9 Å². The van der Waals surface area contributed by atoms with Crippen LogP contribution in [0, 0.1) is 5.82 Å². The van der Waals surface area contributed by atoms with Crippen LogP contribution in [-0.4, -0.2) is 10.1 Å². The maximum Gasteiger partial charge on any atom is 0.232 e. The SMILES string of the molecule is CC(C)(C)c1nc(C(N)c2ccc(F)cc2Br)no1. The van der Waals surface area contributed by atoms with Crippen LogP contribution in [0.2, 0.25) is 0 Å². The van der Waals surface area contributed by atoms with Gasteiger partial charge >= 0.3 is 0 Å². The van der Waals surface area contributed by atoms with Crippen LogP contribution in [0.5, 0.6) is 0 Å². The number of hydrogen-bond acceptors (Lipinski definition) is 4. The summed E-state index contributed by atoms with van der Waals surface area (Å²) in [6, 6.07) is 3.76. The van der Waals surface area contributed by atoms with E-state index in [0.717, 1.165) is 0 Å². The fraction of sp³-hybridized carbons (Fsp3) is 0.385. The lowest BCUT2D eigenvalue weighted by Gasteiger charge is -2.11. The van der Waals surface area contributed by atoms with E-state index in [1.54, 1.807) is 6.07 Å². The van der Waals surface area contributed by atoms with Crippen LogP contribution in [0.15, 0.2) is 27.2 Å². The Labute approximate surface area is 119 Å². The van der Waals surface area contributed by atoms with Gasteiger partial charge in [0.25, 0.3) is 0 Å². The summed E-state index contributed by atoms with van der Waals surface area (Å²) >= 11 is 3.29. The van der Waals surface area contributed by atoms with Gasteiger partial charge in [-0.2, -0.15) is 4.98 Å². The summed E-state index contributed by atoms with van der Waals surface area (Å²) in [6.45, 7) is 5.93. The molecule has 1 aromatic heterocycles. The largest absolute Gasteiger partial charge is 0.339 e. The molecule has 0 aliphatic heterocycles. The van der Waals surface area contributed by atoms with Crippen LogP contribution in [-0.2, 0) is 5.41 Å². The summed E-state index contributed by atoms with van der Waals surface area (Å²) in [5.74, 6) is 0.583. The Morgan fingerprint density at radius 1 is 1.37 bits per heavy atom. The van der Waals surface area contributed by atoms with Gasteiger partial charge in [0.15, 0.2) is 5.82 Å². The maximum absolute atomic E-state index is 13.1. The molecule has 0 bridgehead atoms. The van der Waals surface area contributed by atoms with Gasteiger partial charge in [0.05, 0.1) is 6.04 Å². The fourth-order valence-electron chi connectivity index (χ4n) is 1.56. The first-order valence-corrected chi connectivity index (χ1v) is 6.63. The van der Waals surface area contributed by atoms with Crippen molar-refractivity contribution >= 4 is 15.9 Å². The number of benzene rings is 1. The Bertz CT molecular complexity index is 592. The van der Waals surface area contributed by atoms with Crippen molar-refractivity contribution in [2.75, 3.05) is 0 Å². The van der Waals surface area contributed by atoms with Crippen molar-refractivity contribution < 1.29 is 8.91 Å². The maximum atomic E-state index is 13.1. The van der Waals surface area contributed by atoms with Gasteiger partial charge in [-0.15, -0.1) is 0 Å². The van der Waals surface area contributed by atoms with Gasteiger partial charge < -0.3 is 10.3 Å². The summed E-state index contributed by atoms with van der Waals surface area (Å²) in [7, 11) is 0.